The molecule has 8 heteroatoms. The Morgan fingerprint density at radius 1 is 1.42 bits per heavy atom. The van der Waals surface area contributed by atoms with E-state index in [2.05, 4.69) is 20.7 Å². The molecule has 0 radical (unpaired) electrons. The monoisotopic (exact) mass is 355 g/mol. The Morgan fingerprint density at radius 3 is 2.79 bits per heavy atom. The molecule has 1 amide bonds. The van der Waals surface area contributed by atoms with E-state index in [9.17, 15) is 13.2 Å². The van der Waals surface area contributed by atoms with E-state index in [1.54, 1.807) is 0 Å². The van der Waals surface area contributed by atoms with Gasteiger partial charge in [0.25, 0.3) is 10.2 Å². The van der Waals surface area contributed by atoms with E-state index < -0.39 is 10.2 Å². The predicted octanol–water partition coefficient (Wildman–Crippen LogP) is 0.583. The van der Waals surface area contributed by atoms with Crippen molar-refractivity contribution in [3.63, 3.8) is 0 Å². The largest absolute Gasteiger partial charge is 0.342 e. The zero-order chi connectivity index (χ0) is 14.3. The first-order chi connectivity index (χ1) is 8.92. The lowest BCUT2D eigenvalue weighted by Gasteiger charge is -2.32. The van der Waals surface area contributed by atoms with Crippen LogP contribution in [0.15, 0.2) is 0 Å². The Bertz CT molecular complexity index is 389. The van der Waals surface area contributed by atoms with Crippen LogP contribution in [0.5, 0.6) is 0 Å². The number of nitrogens with two attached hydrogens (primary N) is 1. The van der Waals surface area contributed by atoms with Gasteiger partial charge in [-0.1, -0.05) is 15.9 Å². The number of likely N-dealkylation sites (tertiary alicyclic amines) is 1. The summed E-state index contributed by atoms with van der Waals surface area (Å²) in [5, 5.41) is 5.82. The number of unbranched alkanes of at least 4 members (excludes halogenated alkanes) is 1. The van der Waals surface area contributed by atoms with Crippen molar-refractivity contribution in [2.24, 2.45) is 11.1 Å². The molecule has 112 valence electrons. The van der Waals surface area contributed by atoms with Gasteiger partial charge in [-0.25, -0.2) is 9.86 Å². The van der Waals surface area contributed by atoms with Gasteiger partial charge in [-0.15, -0.1) is 0 Å². The minimum Gasteiger partial charge on any atom is -0.342 e. The Kier molecular flexibility index (Phi) is 7.27. The van der Waals surface area contributed by atoms with Gasteiger partial charge in [-0.05, 0) is 31.6 Å². The highest BCUT2D eigenvalue weighted by atomic mass is 79.9. The number of piperidine rings is 1. The number of nitrogens with one attached hydrogen (secondary N) is 1. The first-order valence-corrected chi connectivity index (χ1v) is 9.20. The molecule has 1 fully saturated rings. The van der Waals surface area contributed by atoms with E-state index in [1.807, 2.05) is 4.90 Å². The summed E-state index contributed by atoms with van der Waals surface area (Å²) in [4.78, 5) is 13.8. The second kappa shape index (κ2) is 8.18. The van der Waals surface area contributed by atoms with Crippen LogP contribution in [-0.4, -0.2) is 44.2 Å². The fourth-order valence-corrected chi connectivity index (χ4v) is 3.09. The quantitative estimate of drug-likeness (QED) is 0.516. The number of carbonyl (C=O) groups is 1. The standard InChI is InChI=1S/C11H22BrN3O3S/c12-6-2-1-5-11(16)15-7-3-4-10(9-15)8-14-19(13,17)18/h10,14H,1-9H2,(H2,13,17,18). The molecule has 1 aliphatic rings. The fraction of sp³-hybridized carbons (Fsp3) is 0.909. The maximum Gasteiger partial charge on any atom is 0.274 e. The summed E-state index contributed by atoms with van der Waals surface area (Å²) in [6.07, 6.45) is 4.30. The molecule has 1 rings (SSSR count). The summed E-state index contributed by atoms with van der Waals surface area (Å²) >= 11 is 3.34. The van der Waals surface area contributed by atoms with Gasteiger partial charge in [0.05, 0.1) is 0 Å². The third-order valence-corrected chi connectivity index (χ3v) is 4.35. The number of halogens is 1. The normalized spacial score (nSPS) is 20.5. The number of hydrogen-bond acceptors (Lipinski definition) is 3. The van der Waals surface area contributed by atoms with Crippen LogP contribution < -0.4 is 9.86 Å². The van der Waals surface area contributed by atoms with Crippen LogP contribution in [0.3, 0.4) is 0 Å². The molecule has 0 spiro atoms. The van der Waals surface area contributed by atoms with Gasteiger partial charge in [-0.2, -0.15) is 8.42 Å². The first kappa shape index (κ1) is 16.9. The summed E-state index contributed by atoms with van der Waals surface area (Å²) < 4.78 is 24.0. The lowest BCUT2D eigenvalue weighted by molar-refractivity contribution is -0.133. The van der Waals surface area contributed by atoms with Crippen LogP contribution in [0.1, 0.15) is 32.1 Å². The summed E-state index contributed by atoms with van der Waals surface area (Å²) in [6, 6.07) is 0. The number of hydrogen-bond donors (Lipinski definition) is 2. The maximum atomic E-state index is 12.0. The minimum absolute atomic E-state index is 0.159. The smallest absolute Gasteiger partial charge is 0.274 e. The third-order valence-electron chi connectivity index (χ3n) is 3.22. The van der Waals surface area contributed by atoms with Gasteiger partial charge in [0.1, 0.15) is 0 Å². The maximum absolute atomic E-state index is 12.0. The van der Waals surface area contributed by atoms with E-state index in [1.165, 1.54) is 0 Å². The molecule has 0 aromatic carbocycles. The topological polar surface area (TPSA) is 92.5 Å². The van der Waals surface area contributed by atoms with E-state index in [0.717, 1.165) is 37.6 Å². The van der Waals surface area contributed by atoms with Crippen molar-refractivity contribution in [1.82, 2.24) is 9.62 Å². The molecule has 0 aromatic heterocycles. The highest BCUT2D eigenvalue weighted by Crippen LogP contribution is 2.17. The Hall–Kier alpha value is -0.180. The number of alkyl halides is 1. The average Bonchev–Trinajstić information content (AvgIpc) is 2.36. The molecule has 1 aliphatic heterocycles. The predicted molar refractivity (Wildman–Crippen MR) is 78.1 cm³/mol. The molecule has 0 aliphatic carbocycles. The third kappa shape index (κ3) is 7.24. The van der Waals surface area contributed by atoms with Crippen LogP contribution in [0, 0.1) is 5.92 Å². The van der Waals surface area contributed by atoms with E-state index in [0.29, 0.717) is 19.5 Å². The molecule has 19 heavy (non-hydrogen) atoms. The van der Waals surface area contributed by atoms with Crippen LogP contribution in [0.2, 0.25) is 0 Å². The molecule has 1 atom stereocenters. The second-order valence-corrected chi connectivity index (χ2v) is 7.06. The molecular weight excluding hydrogens is 334 g/mol. The zero-order valence-electron chi connectivity index (χ0n) is 11.0. The molecule has 1 saturated heterocycles. The minimum atomic E-state index is -3.64. The fourth-order valence-electron chi connectivity index (χ4n) is 2.22. The highest BCUT2D eigenvalue weighted by molar-refractivity contribution is 9.09. The van der Waals surface area contributed by atoms with Gasteiger partial charge in [0.15, 0.2) is 0 Å². The highest BCUT2D eigenvalue weighted by Gasteiger charge is 2.23. The molecule has 1 unspecified atom stereocenters. The van der Waals surface area contributed by atoms with Gasteiger partial charge in [0, 0.05) is 31.4 Å². The Morgan fingerprint density at radius 2 is 2.16 bits per heavy atom. The summed E-state index contributed by atoms with van der Waals surface area (Å²) in [7, 11) is -3.64. The Balaban J connectivity index is 2.34. The zero-order valence-corrected chi connectivity index (χ0v) is 13.4. The van der Waals surface area contributed by atoms with Crippen LogP contribution in [0.25, 0.3) is 0 Å². The summed E-state index contributed by atoms with van der Waals surface area (Å²) in [5.74, 6) is 0.327. The van der Waals surface area contributed by atoms with Gasteiger partial charge < -0.3 is 4.90 Å². The molecule has 6 nitrogen and oxygen atoms in total. The molecule has 0 bridgehead atoms. The molecule has 0 saturated carbocycles. The number of amides is 1. The van der Waals surface area contributed by atoms with Crippen molar-refractivity contribution >= 4 is 32.0 Å². The van der Waals surface area contributed by atoms with Crippen molar-refractivity contribution < 1.29 is 13.2 Å². The van der Waals surface area contributed by atoms with E-state index >= 15 is 0 Å². The SMILES string of the molecule is NS(=O)(=O)NCC1CCCN(C(=O)CCCCBr)C1. The molecular formula is C11H22BrN3O3S. The Labute approximate surface area is 123 Å². The van der Waals surface area contributed by atoms with Gasteiger partial charge >= 0.3 is 0 Å². The van der Waals surface area contributed by atoms with Crippen molar-refractivity contribution in [3.05, 3.63) is 0 Å². The number of carbonyl (C=O) groups excluding carboxylic acids is 1. The first-order valence-electron chi connectivity index (χ1n) is 6.53. The van der Waals surface area contributed by atoms with Crippen molar-refractivity contribution in [1.29, 1.82) is 0 Å². The van der Waals surface area contributed by atoms with Gasteiger partial charge in [0.2, 0.25) is 5.91 Å². The summed E-state index contributed by atoms with van der Waals surface area (Å²) in [6.45, 7) is 1.71. The van der Waals surface area contributed by atoms with E-state index in [4.69, 9.17) is 5.14 Å². The van der Waals surface area contributed by atoms with Crippen LogP contribution >= 0.6 is 15.9 Å². The molecule has 1 heterocycles. The second-order valence-electron chi connectivity index (χ2n) is 4.89. The average molecular weight is 356 g/mol. The van der Waals surface area contributed by atoms with Crippen molar-refractivity contribution in [3.8, 4) is 0 Å². The lowest BCUT2D eigenvalue weighted by Crippen LogP contribution is -2.44. The summed E-state index contributed by atoms with van der Waals surface area (Å²) in [5.41, 5.74) is 0. The van der Waals surface area contributed by atoms with E-state index in [-0.39, 0.29) is 11.8 Å². The number of nitrogens with zero attached hydrogens (tertiary/aromatic N) is 1. The van der Waals surface area contributed by atoms with Gasteiger partial charge in [-0.3, -0.25) is 4.79 Å². The van der Waals surface area contributed by atoms with Crippen molar-refractivity contribution in [2.75, 3.05) is 25.0 Å². The van der Waals surface area contributed by atoms with Crippen LogP contribution in [-0.2, 0) is 15.0 Å². The lowest BCUT2D eigenvalue weighted by atomic mass is 9.98. The molecule has 0 aromatic rings. The van der Waals surface area contributed by atoms with Crippen molar-refractivity contribution in [2.45, 2.75) is 32.1 Å². The molecule has 3 N–H and O–H groups in total. The van der Waals surface area contributed by atoms with Crippen LogP contribution in [0.4, 0.5) is 0 Å². The number of rotatable bonds is 7.